The third-order valence-electron chi connectivity index (χ3n) is 2.44. The van der Waals surface area contributed by atoms with Gasteiger partial charge in [0.05, 0.1) is 21.4 Å². The molecule has 0 spiro atoms. The van der Waals surface area contributed by atoms with E-state index >= 15 is 0 Å². The molecule has 4 N–H and O–H groups in total. The third-order valence-corrected chi connectivity index (χ3v) is 4.21. The number of pyridine rings is 1. The van der Waals surface area contributed by atoms with Gasteiger partial charge >= 0.3 is 0 Å². The molecule has 8 heteroatoms. The number of anilines is 2. The van der Waals surface area contributed by atoms with Crippen LogP contribution in [-0.2, 0) is 0 Å². The van der Waals surface area contributed by atoms with Crippen molar-refractivity contribution in [2.75, 3.05) is 10.7 Å². The molecule has 0 unspecified atom stereocenters. The fourth-order valence-electron chi connectivity index (χ4n) is 1.45. The summed E-state index contributed by atoms with van der Waals surface area (Å²) in [4.78, 5) is 16.0. The zero-order chi connectivity index (χ0) is 14.7. The number of benzene rings is 1. The normalized spacial score (nSPS) is 10.2. The van der Waals surface area contributed by atoms with E-state index in [9.17, 15) is 4.79 Å². The topological polar surface area (TPSA) is 80.0 Å². The standard InChI is InChI=1S/C12H9BrCl2N4O/c13-7-1-2-8(11(15)10(7)14)18-12(20)9-5-6(19-16)3-4-17-9/h1-5H,16H2,(H,17,19)(H,18,20). The second-order valence-electron chi connectivity index (χ2n) is 3.75. The number of nitrogens with zero attached hydrogens (tertiary/aromatic N) is 1. The number of amides is 1. The second kappa shape index (κ2) is 6.41. The molecule has 0 aliphatic carbocycles. The number of carbonyl (C=O) groups excluding carboxylic acids is 1. The molecule has 0 aliphatic rings. The van der Waals surface area contributed by atoms with Crippen molar-refractivity contribution in [3.63, 3.8) is 0 Å². The Hall–Kier alpha value is -1.34. The predicted molar refractivity (Wildman–Crippen MR) is 84.2 cm³/mol. The summed E-state index contributed by atoms with van der Waals surface area (Å²) in [6.45, 7) is 0. The lowest BCUT2D eigenvalue weighted by Crippen LogP contribution is -2.15. The number of aromatic nitrogens is 1. The number of carbonyl (C=O) groups is 1. The zero-order valence-corrected chi connectivity index (χ0v) is 13.1. The number of nitrogens with one attached hydrogen (secondary N) is 2. The van der Waals surface area contributed by atoms with E-state index in [-0.39, 0.29) is 10.7 Å². The molecule has 0 aliphatic heterocycles. The van der Waals surface area contributed by atoms with E-state index in [1.165, 1.54) is 12.3 Å². The first-order valence-electron chi connectivity index (χ1n) is 5.40. The average Bonchev–Trinajstić information content (AvgIpc) is 2.48. The van der Waals surface area contributed by atoms with Gasteiger partial charge in [-0.25, -0.2) is 0 Å². The molecule has 0 saturated carbocycles. The van der Waals surface area contributed by atoms with Crippen molar-refractivity contribution in [3.8, 4) is 0 Å². The number of nitrogen functional groups attached to an aromatic ring is 1. The summed E-state index contributed by atoms with van der Waals surface area (Å²) in [6.07, 6.45) is 1.47. The molecule has 1 heterocycles. The lowest BCUT2D eigenvalue weighted by Gasteiger charge is -2.09. The van der Waals surface area contributed by atoms with Crippen molar-refractivity contribution in [2.24, 2.45) is 5.84 Å². The first-order valence-corrected chi connectivity index (χ1v) is 6.95. The second-order valence-corrected chi connectivity index (χ2v) is 5.36. The molecule has 20 heavy (non-hydrogen) atoms. The summed E-state index contributed by atoms with van der Waals surface area (Å²) in [5.41, 5.74) is 3.62. The summed E-state index contributed by atoms with van der Waals surface area (Å²) >= 11 is 15.3. The third kappa shape index (κ3) is 3.21. The van der Waals surface area contributed by atoms with E-state index in [0.29, 0.717) is 20.9 Å². The minimum absolute atomic E-state index is 0.204. The van der Waals surface area contributed by atoms with E-state index in [0.717, 1.165) is 0 Å². The van der Waals surface area contributed by atoms with Crippen LogP contribution in [0.25, 0.3) is 0 Å². The van der Waals surface area contributed by atoms with Crippen molar-refractivity contribution in [1.82, 2.24) is 4.98 Å². The molecule has 0 radical (unpaired) electrons. The van der Waals surface area contributed by atoms with Crippen LogP contribution in [-0.4, -0.2) is 10.9 Å². The average molecular weight is 376 g/mol. The summed E-state index contributed by atoms with van der Waals surface area (Å²) in [5, 5.41) is 3.22. The van der Waals surface area contributed by atoms with Crippen molar-refractivity contribution in [2.45, 2.75) is 0 Å². The Bertz CT molecular complexity index is 666. The highest BCUT2D eigenvalue weighted by Crippen LogP contribution is 2.35. The van der Waals surface area contributed by atoms with Gasteiger partial charge in [0.15, 0.2) is 0 Å². The van der Waals surface area contributed by atoms with Gasteiger partial charge < -0.3 is 10.7 Å². The van der Waals surface area contributed by atoms with Crippen LogP contribution in [0.1, 0.15) is 10.5 Å². The van der Waals surface area contributed by atoms with Gasteiger partial charge in [0.2, 0.25) is 0 Å². The van der Waals surface area contributed by atoms with Crippen molar-refractivity contribution in [1.29, 1.82) is 0 Å². The molecule has 2 rings (SSSR count). The van der Waals surface area contributed by atoms with Crippen LogP contribution in [0.2, 0.25) is 10.0 Å². The molecular weight excluding hydrogens is 367 g/mol. The van der Waals surface area contributed by atoms with Gasteiger partial charge in [0.25, 0.3) is 5.91 Å². The van der Waals surface area contributed by atoms with Crippen molar-refractivity contribution < 1.29 is 4.79 Å². The minimum atomic E-state index is -0.414. The van der Waals surface area contributed by atoms with Crippen molar-refractivity contribution in [3.05, 3.63) is 50.7 Å². The first kappa shape index (κ1) is 15.1. The van der Waals surface area contributed by atoms with E-state index in [1.807, 2.05) is 0 Å². The van der Waals surface area contributed by atoms with Gasteiger partial charge in [-0.2, -0.15) is 0 Å². The highest BCUT2D eigenvalue weighted by molar-refractivity contribution is 9.10. The molecule has 1 aromatic heterocycles. The molecule has 2 aromatic rings. The lowest BCUT2D eigenvalue weighted by molar-refractivity contribution is 0.102. The van der Waals surface area contributed by atoms with E-state index in [1.54, 1.807) is 18.2 Å². The maximum absolute atomic E-state index is 12.1. The molecule has 0 bridgehead atoms. The molecule has 104 valence electrons. The summed E-state index contributed by atoms with van der Waals surface area (Å²) in [5.74, 6) is 4.86. The van der Waals surface area contributed by atoms with Crippen LogP contribution in [0.5, 0.6) is 0 Å². The Morgan fingerprint density at radius 1 is 1.25 bits per heavy atom. The Morgan fingerprint density at radius 2 is 2.00 bits per heavy atom. The van der Waals surface area contributed by atoms with Crippen LogP contribution in [0.3, 0.4) is 0 Å². The SMILES string of the molecule is NNc1ccnc(C(=O)Nc2ccc(Br)c(Cl)c2Cl)c1. The number of nitrogens with two attached hydrogens (primary N) is 1. The molecule has 0 fully saturated rings. The number of hydrogen-bond acceptors (Lipinski definition) is 4. The molecular formula is C12H9BrCl2N4O. The summed E-state index contributed by atoms with van der Waals surface area (Å²) < 4.78 is 0.648. The van der Waals surface area contributed by atoms with Gasteiger partial charge in [-0.15, -0.1) is 0 Å². The Morgan fingerprint density at radius 3 is 2.70 bits per heavy atom. The van der Waals surface area contributed by atoms with Gasteiger partial charge in [0.1, 0.15) is 5.69 Å². The van der Waals surface area contributed by atoms with Crippen LogP contribution in [0.4, 0.5) is 11.4 Å². The summed E-state index contributed by atoms with van der Waals surface area (Å²) in [7, 11) is 0. The van der Waals surface area contributed by atoms with Crippen LogP contribution < -0.4 is 16.6 Å². The summed E-state index contributed by atoms with van der Waals surface area (Å²) in [6, 6.07) is 6.49. The fraction of sp³-hybridized carbons (Fsp3) is 0. The molecule has 0 atom stereocenters. The fourth-order valence-corrected chi connectivity index (χ4v) is 2.27. The van der Waals surface area contributed by atoms with Gasteiger partial charge in [-0.05, 0) is 40.2 Å². The molecule has 5 nitrogen and oxygen atoms in total. The van der Waals surface area contributed by atoms with Gasteiger partial charge in [-0.3, -0.25) is 15.6 Å². The van der Waals surface area contributed by atoms with E-state index in [2.05, 4.69) is 31.7 Å². The highest BCUT2D eigenvalue weighted by atomic mass is 79.9. The smallest absolute Gasteiger partial charge is 0.274 e. The van der Waals surface area contributed by atoms with E-state index in [4.69, 9.17) is 29.0 Å². The predicted octanol–water partition coefficient (Wildman–Crippen LogP) is 3.69. The largest absolute Gasteiger partial charge is 0.324 e. The number of halogens is 3. The highest BCUT2D eigenvalue weighted by Gasteiger charge is 2.13. The number of rotatable bonds is 3. The quantitative estimate of drug-likeness (QED) is 0.434. The maximum Gasteiger partial charge on any atom is 0.274 e. The monoisotopic (exact) mass is 374 g/mol. The number of hydrogen-bond donors (Lipinski definition) is 3. The Labute approximate surface area is 133 Å². The molecule has 0 saturated heterocycles. The van der Waals surface area contributed by atoms with E-state index < -0.39 is 5.91 Å². The minimum Gasteiger partial charge on any atom is -0.324 e. The van der Waals surface area contributed by atoms with Gasteiger partial charge in [0, 0.05) is 10.7 Å². The Kier molecular flexibility index (Phi) is 4.82. The molecule has 1 aromatic carbocycles. The zero-order valence-electron chi connectivity index (χ0n) is 9.95. The Balaban J connectivity index is 2.25. The lowest BCUT2D eigenvalue weighted by atomic mass is 10.2. The maximum atomic E-state index is 12.1. The molecule has 1 amide bonds. The van der Waals surface area contributed by atoms with Crippen molar-refractivity contribution >= 4 is 56.4 Å². The van der Waals surface area contributed by atoms with Crippen LogP contribution >= 0.6 is 39.1 Å². The first-order chi connectivity index (χ1) is 9.52. The van der Waals surface area contributed by atoms with Crippen LogP contribution in [0.15, 0.2) is 34.9 Å². The van der Waals surface area contributed by atoms with Crippen LogP contribution in [0, 0.1) is 0 Å². The number of hydrazine groups is 1. The van der Waals surface area contributed by atoms with Gasteiger partial charge in [-0.1, -0.05) is 23.2 Å².